The quantitative estimate of drug-likeness (QED) is 0.175. The number of benzene rings is 7. The molecule has 0 amide bonds. The second kappa shape index (κ2) is 13.1. The normalized spacial score (nSPS) is 15.9. The van der Waals surface area contributed by atoms with E-state index in [-0.39, 0.29) is 10.8 Å². The van der Waals surface area contributed by atoms with Crippen LogP contribution in [0.15, 0.2) is 164 Å². The zero-order valence-electron chi connectivity index (χ0n) is 34.1. The second-order valence-electron chi connectivity index (χ2n) is 17.6. The van der Waals surface area contributed by atoms with E-state index in [0.717, 1.165) is 49.7 Å². The standard InChI is InChI=1S/C54H45N5/c1-34-33-53(2,3)45-32-38(26-31-44(45)54(34,4)5)35-24-27-39(28-25-35)58-46-22-14-12-20-40(46)42-29-30-43-41-21-13-15-23-47(41)59(49(43)48(42)58)52-56-50(36-16-8-6-9-17-36)55-51(57-52)37-18-10-7-11-19-37/h6-32,34H,33H2,1-5H3. The van der Waals surface area contributed by atoms with Gasteiger partial charge in [-0.3, -0.25) is 4.57 Å². The summed E-state index contributed by atoms with van der Waals surface area (Å²) in [6.07, 6.45) is 1.18. The van der Waals surface area contributed by atoms with Gasteiger partial charge in [0.25, 0.3) is 0 Å². The first kappa shape index (κ1) is 35.3. The van der Waals surface area contributed by atoms with Crippen LogP contribution in [0.1, 0.15) is 52.2 Å². The minimum atomic E-state index is 0.120. The minimum absolute atomic E-state index is 0.120. The van der Waals surface area contributed by atoms with E-state index in [1.54, 1.807) is 0 Å². The number of nitrogens with zero attached hydrogens (tertiary/aromatic N) is 5. The average Bonchev–Trinajstić information content (AvgIpc) is 3.79. The molecule has 3 aromatic heterocycles. The van der Waals surface area contributed by atoms with Crippen LogP contribution in [0.4, 0.5) is 0 Å². The van der Waals surface area contributed by atoms with Gasteiger partial charge >= 0.3 is 0 Å². The van der Waals surface area contributed by atoms with Crippen molar-refractivity contribution in [2.75, 3.05) is 0 Å². The molecule has 1 aliphatic rings. The molecule has 0 fully saturated rings. The molecule has 0 bridgehead atoms. The van der Waals surface area contributed by atoms with Crippen LogP contribution in [-0.2, 0) is 10.8 Å². The summed E-state index contributed by atoms with van der Waals surface area (Å²) in [6, 6.07) is 58.7. The number of para-hydroxylation sites is 2. The van der Waals surface area contributed by atoms with Crippen molar-refractivity contribution in [3.63, 3.8) is 0 Å². The lowest BCUT2D eigenvalue weighted by Crippen LogP contribution is -2.40. The molecule has 0 aliphatic heterocycles. The number of hydrogen-bond donors (Lipinski definition) is 0. The molecule has 1 atom stereocenters. The van der Waals surface area contributed by atoms with Crippen LogP contribution < -0.4 is 0 Å². The minimum Gasteiger partial charge on any atom is -0.307 e. The molecular weight excluding hydrogens is 719 g/mol. The summed E-state index contributed by atoms with van der Waals surface area (Å²) in [7, 11) is 0. The molecular formula is C54H45N5. The van der Waals surface area contributed by atoms with Crippen molar-refractivity contribution < 1.29 is 0 Å². The van der Waals surface area contributed by atoms with E-state index >= 15 is 0 Å². The van der Waals surface area contributed by atoms with Crippen molar-refractivity contribution in [2.45, 2.75) is 51.9 Å². The molecule has 11 rings (SSSR count). The van der Waals surface area contributed by atoms with Gasteiger partial charge in [0.15, 0.2) is 11.6 Å². The van der Waals surface area contributed by atoms with Gasteiger partial charge in [0, 0.05) is 38.4 Å². The van der Waals surface area contributed by atoms with Crippen molar-refractivity contribution in [3.05, 3.63) is 175 Å². The molecule has 3 heterocycles. The van der Waals surface area contributed by atoms with Crippen molar-refractivity contribution in [1.82, 2.24) is 24.1 Å². The molecule has 0 N–H and O–H groups in total. The lowest BCUT2D eigenvalue weighted by atomic mass is 9.58. The van der Waals surface area contributed by atoms with Gasteiger partial charge in [0.2, 0.25) is 5.95 Å². The Labute approximate surface area is 344 Å². The van der Waals surface area contributed by atoms with Gasteiger partial charge in [0.1, 0.15) is 0 Å². The predicted octanol–water partition coefficient (Wildman–Crippen LogP) is 13.7. The third-order valence-corrected chi connectivity index (χ3v) is 13.3. The molecule has 7 aromatic carbocycles. The van der Waals surface area contributed by atoms with Crippen LogP contribution in [0.2, 0.25) is 0 Å². The molecule has 0 saturated carbocycles. The van der Waals surface area contributed by atoms with Crippen LogP contribution in [-0.4, -0.2) is 24.1 Å². The van der Waals surface area contributed by atoms with Crippen LogP contribution in [0.25, 0.3) is 89.2 Å². The molecule has 5 heteroatoms. The summed E-state index contributed by atoms with van der Waals surface area (Å²) in [5, 5.41) is 4.67. The Morgan fingerprint density at radius 2 is 0.966 bits per heavy atom. The fraction of sp³-hybridized carbons (Fsp3) is 0.167. The third kappa shape index (κ3) is 5.48. The number of fused-ring (bicyclic) bond motifs is 8. The zero-order valence-corrected chi connectivity index (χ0v) is 34.1. The average molecular weight is 764 g/mol. The van der Waals surface area contributed by atoms with E-state index in [1.165, 1.54) is 39.4 Å². The summed E-state index contributed by atoms with van der Waals surface area (Å²) >= 11 is 0. The second-order valence-corrected chi connectivity index (χ2v) is 17.6. The predicted molar refractivity (Wildman–Crippen MR) is 245 cm³/mol. The number of hydrogen-bond acceptors (Lipinski definition) is 3. The lowest BCUT2D eigenvalue weighted by molar-refractivity contribution is 0.233. The maximum absolute atomic E-state index is 5.27. The van der Waals surface area contributed by atoms with E-state index in [1.807, 2.05) is 36.4 Å². The molecule has 10 aromatic rings. The van der Waals surface area contributed by atoms with Gasteiger partial charge in [-0.2, -0.15) is 9.97 Å². The Bertz CT molecular complexity index is 3180. The van der Waals surface area contributed by atoms with E-state index < -0.39 is 0 Å². The Hall–Kier alpha value is -6.85. The Morgan fingerprint density at radius 1 is 0.458 bits per heavy atom. The molecule has 286 valence electrons. The van der Waals surface area contributed by atoms with Gasteiger partial charge in [-0.1, -0.05) is 174 Å². The van der Waals surface area contributed by atoms with Crippen molar-refractivity contribution in [2.24, 2.45) is 5.92 Å². The molecule has 1 aliphatic carbocycles. The monoisotopic (exact) mass is 763 g/mol. The van der Waals surface area contributed by atoms with Crippen LogP contribution >= 0.6 is 0 Å². The summed E-state index contributed by atoms with van der Waals surface area (Å²) in [5.41, 5.74) is 13.0. The highest BCUT2D eigenvalue weighted by Gasteiger charge is 2.42. The maximum atomic E-state index is 5.27. The topological polar surface area (TPSA) is 48.5 Å². The van der Waals surface area contributed by atoms with Gasteiger partial charge < -0.3 is 4.57 Å². The first-order valence-corrected chi connectivity index (χ1v) is 20.8. The van der Waals surface area contributed by atoms with Crippen LogP contribution in [0, 0.1) is 5.92 Å². The maximum Gasteiger partial charge on any atom is 0.238 e. The van der Waals surface area contributed by atoms with Gasteiger partial charge in [-0.25, -0.2) is 4.98 Å². The van der Waals surface area contributed by atoms with Gasteiger partial charge in [-0.15, -0.1) is 0 Å². The SMILES string of the molecule is CC1CC(C)(C)c2cc(-c3ccc(-n4c5ccccc5c5ccc6c7ccccc7n(-c7nc(-c8ccccc8)nc(-c8ccccc8)n7)c6c54)cc3)ccc2C1(C)C. The highest BCUT2D eigenvalue weighted by atomic mass is 15.2. The first-order chi connectivity index (χ1) is 28.7. The molecule has 0 saturated heterocycles. The van der Waals surface area contributed by atoms with Crippen LogP contribution in [0.5, 0.6) is 0 Å². The molecule has 0 spiro atoms. The lowest BCUT2D eigenvalue weighted by Gasteiger charge is -2.46. The Balaban J connectivity index is 1.16. The van der Waals surface area contributed by atoms with E-state index in [9.17, 15) is 0 Å². The zero-order chi connectivity index (χ0) is 40.0. The third-order valence-electron chi connectivity index (χ3n) is 13.3. The molecule has 59 heavy (non-hydrogen) atoms. The van der Waals surface area contributed by atoms with Gasteiger partial charge in [0.05, 0.1) is 22.1 Å². The fourth-order valence-electron chi connectivity index (χ4n) is 9.92. The van der Waals surface area contributed by atoms with E-state index in [0.29, 0.717) is 23.5 Å². The molecule has 1 unspecified atom stereocenters. The molecule has 5 nitrogen and oxygen atoms in total. The smallest absolute Gasteiger partial charge is 0.238 e. The van der Waals surface area contributed by atoms with Crippen molar-refractivity contribution >= 4 is 43.6 Å². The largest absolute Gasteiger partial charge is 0.307 e. The number of rotatable bonds is 5. The molecule has 0 radical (unpaired) electrons. The van der Waals surface area contributed by atoms with Crippen molar-refractivity contribution in [3.8, 4) is 45.5 Å². The summed E-state index contributed by atoms with van der Waals surface area (Å²) < 4.78 is 4.69. The summed E-state index contributed by atoms with van der Waals surface area (Å²) in [4.78, 5) is 15.6. The van der Waals surface area contributed by atoms with E-state index in [2.05, 4.69) is 171 Å². The number of aromatic nitrogens is 5. The van der Waals surface area contributed by atoms with Gasteiger partial charge in [-0.05, 0) is 69.7 Å². The Kier molecular flexibility index (Phi) is 7.83. The summed E-state index contributed by atoms with van der Waals surface area (Å²) in [5.74, 6) is 2.46. The first-order valence-electron chi connectivity index (χ1n) is 20.8. The van der Waals surface area contributed by atoms with E-state index in [4.69, 9.17) is 15.0 Å². The fourth-order valence-corrected chi connectivity index (χ4v) is 9.92. The summed E-state index contributed by atoms with van der Waals surface area (Å²) in [6.45, 7) is 12.1. The van der Waals surface area contributed by atoms with Crippen LogP contribution in [0.3, 0.4) is 0 Å². The highest BCUT2D eigenvalue weighted by Crippen LogP contribution is 2.50. The Morgan fingerprint density at radius 3 is 1.56 bits per heavy atom. The van der Waals surface area contributed by atoms with Crippen molar-refractivity contribution in [1.29, 1.82) is 0 Å². The highest BCUT2D eigenvalue weighted by molar-refractivity contribution is 6.23.